The first-order valence-corrected chi connectivity index (χ1v) is 42.3. The molecule has 4 aliphatic carbocycles. The van der Waals surface area contributed by atoms with Crippen LogP contribution in [0.25, 0.3) is 90.1 Å². The quantitative estimate of drug-likeness (QED) is 0.0606. The van der Waals surface area contributed by atoms with Gasteiger partial charge in [-0.25, -0.2) is 44.3 Å². The lowest BCUT2D eigenvalue weighted by molar-refractivity contribution is -0.116. The lowest BCUT2D eigenvalue weighted by Gasteiger charge is -2.21. The van der Waals surface area contributed by atoms with E-state index in [-0.39, 0.29) is 60.9 Å². The molecule has 16 aromatic rings. The third-order valence-electron chi connectivity index (χ3n) is 21.8. The number of aryl methyl sites for hydroxylation is 8. The van der Waals surface area contributed by atoms with Crippen molar-refractivity contribution in [3.8, 4) is 95.8 Å². The summed E-state index contributed by atoms with van der Waals surface area (Å²) in [7, 11) is 0. The van der Waals surface area contributed by atoms with E-state index in [1.807, 2.05) is 194 Å². The smallest absolute Gasteiger partial charge is 0.230 e. The molecule has 4 aromatic heterocycles. The van der Waals surface area contributed by atoms with Gasteiger partial charge in [0.25, 0.3) is 0 Å². The van der Waals surface area contributed by atoms with Crippen molar-refractivity contribution in [2.24, 2.45) is 0 Å². The molecule has 0 spiro atoms. The molecule has 0 saturated heterocycles. The van der Waals surface area contributed by atoms with Crippen molar-refractivity contribution in [2.45, 2.75) is 77.0 Å². The summed E-state index contributed by atoms with van der Waals surface area (Å²) < 4.78 is 14.1. The third kappa shape index (κ3) is 19.5. The highest BCUT2D eigenvalue weighted by Crippen LogP contribution is 2.41. The highest BCUT2D eigenvalue weighted by molar-refractivity contribution is 9.10. The fourth-order valence-electron chi connectivity index (χ4n) is 15.7. The van der Waals surface area contributed by atoms with Gasteiger partial charge in [-0.3, -0.25) is 19.2 Å². The van der Waals surface area contributed by atoms with Gasteiger partial charge >= 0.3 is 0 Å². The van der Waals surface area contributed by atoms with Crippen LogP contribution in [0.2, 0.25) is 5.02 Å². The van der Waals surface area contributed by atoms with Crippen LogP contribution in [0.15, 0.2) is 320 Å². The number of halogens is 3. The molecule has 0 radical (unpaired) electrons. The summed E-state index contributed by atoms with van der Waals surface area (Å²) in [4.78, 5) is 90.6. The maximum absolute atomic E-state index is 13.2. The minimum atomic E-state index is -0.323. The molecule has 4 amide bonds. The Morgan fingerprint density at radius 2 is 0.516 bits per heavy atom. The average Bonchev–Trinajstić information content (AvgIpc) is 0.781. The van der Waals surface area contributed by atoms with Crippen LogP contribution >= 0.6 is 27.5 Å². The predicted molar refractivity (Wildman–Crippen MR) is 491 cm³/mol. The van der Waals surface area contributed by atoms with Gasteiger partial charge < -0.3 is 26.4 Å². The second-order valence-electron chi connectivity index (χ2n) is 30.4. The van der Waals surface area contributed by atoms with Crippen molar-refractivity contribution in [2.75, 3.05) is 21.3 Å². The van der Waals surface area contributed by atoms with Gasteiger partial charge in [-0.05, 0) is 144 Å². The zero-order valence-electron chi connectivity index (χ0n) is 67.3. The van der Waals surface area contributed by atoms with E-state index in [1.54, 1.807) is 48.5 Å². The highest BCUT2D eigenvalue weighted by Gasteiger charge is 2.29. The van der Waals surface area contributed by atoms with Crippen LogP contribution in [-0.4, -0.2) is 68.6 Å². The maximum Gasteiger partial charge on any atom is 0.230 e. The second-order valence-corrected chi connectivity index (χ2v) is 31.8. The van der Waals surface area contributed by atoms with Crippen LogP contribution in [0, 0.1) is 5.82 Å². The predicted octanol–water partition coefficient (Wildman–Crippen LogP) is 21.6. The normalized spacial score (nSPS) is 12.0. The molecule has 608 valence electrons. The van der Waals surface area contributed by atoms with E-state index < -0.39 is 0 Å². The zero-order chi connectivity index (χ0) is 84.8. The number of fused-ring (bicyclic) bond motifs is 12. The van der Waals surface area contributed by atoms with Gasteiger partial charge in [0, 0.05) is 54.0 Å². The topological polar surface area (TPSA) is 240 Å². The van der Waals surface area contributed by atoms with Crippen molar-refractivity contribution >= 4 is 74.4 Å². The maximum atomic E-state index is 13.2. The number of nitrogens with one attached hydrogen (secondary N) is 4. The molecule has 0 fully saturated rings. The lowest BCUT2D eigenvalue weighted by Crippen LogP contribution is -2.18. The van der Waals surface area contributed by atoms with Crippen LogP contribution in [0.3, 0.4) is 0 Å². The molecule has 0 atom stereocenters. The number of phenolic OH excluding ortho intramolecular Hbond substituents is 1. The molecular formula is C104H81BrClFN12O5. The van der Waals surface area contributed by atoms with Crippen LogP contribution in [0.4, 0.5) is 27.7 Å². The van der Waals surface area contributed by atoms with Gasteiger partial charge in [0.1, 0.15) is 34.3 Å². The number of phenols is 1. The Kier molecular flexibility index (Phi) is 25.0. The van der Waals surface area contributed by atoms with E-state index in [9.17, 15) is 28.7 Å². The number of nitrogens with zero attached hydrogens (tertiary/aromatic N) is 8. The molecule has 4 heterocycles. The van der Waals surface area contributed by atoms with Crippen LogP contribution in [0.5, 0.6) is 5.75 Å². The Morgan fingerprint density at radius 3 is 0.790 bits per heavy atom. The number of anilines is 4. The van der Waals surface area contributed by atoms with Crippen LogP contribution < -0.4 is 21.3 Å². The van der Waals surface area contributed by atoms with Gasteiger partial charge in [0.15, 0.2) is 23.3 Å². The number of rotatable bonds is 16. The SMILES string of the molecule is O=C(Cc1ccc(Br)cc1)Nc1nc2c(nc1-c1ccccc1)-c1ccccc1CC2.O=C(Cc1ccc(Cl)cc1)Nc1nc2c(nc1-c1ccccc1)-c1ccccc1CC2.O=C(Cc1ccc(F)cc1)Nc1nc2c(nc1-c1ccccc1)-c1ccccc1CC2.O=C(Cc1ccc(O)cc1)Nc1nc2c(nc1-c1ccccc1)-c1ccccc1CC2. The molecule has 20 rings (SSSR count). The first-order valence-electron chi connectivity index (χ1n) is 41.1. The summed E-state index contributed by atoms with van der Waals surface area (Å²) in [6.45, 7) is 0. The number of benzene rings is 12. The molecule has 12 aromatic carbocycles. The summed E-state index contributed by atoms with van der Waals surface area (Å²) in [6, 6.07) is 100. The van der Waals surface area contributed by atoms with E-state index in [4.69, 9.17) is 51.5 Å². The number of carbonyl (C=O) groups is 4. The summed E-state index contributed by atoms with van der Waals surface area (Å²) >= 11 is 9.38. The van der Waals surface area contributed by atoms with E-state index in [0.29, 0.717) is 51.1 Å². The number of hydrogen-bond donors (Lipinski definition) is 5. The van der Waals surface area contributed by atoms with Crippen LogP contribution in [-0.2, 0) is 96.2 Å². The molecule has 0 unspecified atom stereocenters. The minimum absolute atomic E-state index is 0.107. The fourth-order valence-corrected chi connectivity index (χ4v) is 16.1. The molecule has 0 aliphatic heterocycles. The standard InChI is InChI=1S/C26H20BrN3O.C26H20ClN3O.C26H20FN3O.C26H21N3O2/c3*27-20-13-10-17(11-14-20)16-23(31)29-26-24(19-7-2-1-3-8-19)30-25-21-9-5-4-6-18(21)12-15-22(25)28-26;30-20-13-10-17(11-14-20)16-23(31)28-26-24(19-7-2-1-3-8-19)29-25-21-9-5-4-6-18(21)12-15-22(25)27-26/h3*1-11,13-14H,12,15-16H2,(H,28,29,31);1-11,13-14,30H,12,15-16H2,(H,27,28,31). The number of amides is 4. The molecule has 5 N–H and O–H groups in total. The lowest BCUT2D eigenvalue weighted by atomic mass is 9.91. The first-order chi connectivity index (χ1) is 60.7. The number of hydrogen-bond acceptors (Lipinski definition) is 13. The Balaban J connectivity index is 0.000000117. The van der Waals surface area contributed by atoms with Crippen molar-refractivity contribution in [1.82, 2.24) is 39.9 Å². The monoisotopic (exact) mass is 1710 g/mol. The second kappa shape index (κ2) is 38.0. The fraction of sp³-hybridized carbons (Fsp3) is 0.115. The van der Waals surface area contributed by atoms with Crippen molar-refractivity contribution in [1.29, 1.82) is 0 Å². The zero-order valence-corrected chi connectivity index (χ0v) is 69.6. The van der Waals surface area contributed by atoms with Gasteiger partial charge in [-0.1, -0.05) is 294 Å². The van der Waals surface area contributed by atoms with Gasteiger partial charge in [-0.2, -0.15) is 0 Å². The highest BCUT2D eigenvalue weighted by atomic mass is 79.9. The third-order valence-corrected chi connectivity index (χ3v) is 22.6. The largest absolute Gasteiger partial charge is 0.508 e. The number of aromatic nitrogens is 8. The molecule has 0 saturated carbocycles. The van der Waals surface area contributed by atoms with E-state index in [0.717, 1.165) is 168 Å². The Morgan fingerprint density at radius 1 is 0.282 bits per heavy atom. The van der Waals surface area contributed by atoms with Gasteiger partial charge in [-0.15, -0.1) is 0 Å². The number of aromatic hydroxyl groups is 1. The van der Waals surface area contributed by atoms with Gasteiger partial charge in [0.2, 0.25) is 23.6 Å². The first kappa shape index (κ1) is 81.7. The van der Waals surface area contributed by atoms with Crippen molar-refractivity contribution < 1.29 is 28.7 Å². The molecular weight excluding hydrogens is 1630 g/mol. The van der Waals surface area contributed by atoms with E-state index in [2.05, 4.69) is 97.9 Å². The molecule has 20 heteroatoms. The van der Waals surface area contributed by atoms with Crippen LogP contribution in [0.1, 0.15) is 67.3 Å². The van der Waals surface area contributed by atoms with Gasteiger partial charge in [0.05, 0.1) is 71.2 Å². The summed E-state index contributed by atoms with van der Waals surface area (Å²) in [5, 5.41) is 22.0. The molecule has 124 heavy (non-hydrogen) atoms. The van der Waals surface area contributed by atoms with E-state index in [1.165, 1.54) is 34.4 Å². The summed E-state index contributed by atoms with van der Waals surface area (Å²) in [5.74, 6) is 1.18. The minimum Gasteiger partial charge on any atom is -0.508 e. The summed E-state index contributed by atoms with van der Waals surface area (Å²) in [6.07, 6.45) is 7.66. The Bertz CT molecular complexity index is 5820. The molecule has 4 aliphatic rings. The molecule has 17 nitrogen and oxygen atoms in total. The summed E-state index contributed by atoms with van der Waals surface area (Å²) in [5.41, 5.74) is 26.5. The Hall–Kier alpha value is -14.7. The van der Waals surface area contributed by atoms with Crippen molar-refractivity contribution in [3.63, 3.8) is 0 Å². The average molecular weight is 1710 g/mol. The van der Waals surface area contributed by atoms with Crippen molar-refractivity contribution in [3.05, 3.63) is 398 Å². The number of carbonyl (C=O) groups excluding carboxylic acids is 4. The molecule has 0 bridgehead atoms. The van der Waals surface area contributed by atoms with E-state index >= 15 is 0 Å². The Labute approximate surface area is 730 Å².